The molecule has 5 nitrogen and oxygen atoms in total. The first-order valence-electron chi connectivity index (χ1n) is 7.14. The third-order valence-corrected chi connectivity index (χ3v) is 4.16. The SMILES string of the molecule is CN1CCN(C(=O)c2ccc3c(ccc(=O)n3C)c2)CC1. The molecule has 0 saturated carbocycles. The summed E-state index contributed by atoms with van der Waals surface area (Å²) in [6.07, 6.45) is 0. The van der Waals surface area contributed by atoms with E-state index >= 15 is 0 Å². The Hall–Kier alpha value is -2.14. The predicted molar refractivity (Wildman–Crippen MR) is 82.6 cm³/mol. The van der Waals surface area contributed by atoms with Crippen molar-refractivity contribution >= 4 is 16.8 Å². The van der Waals surface area contributed by atoms with Crippen molar-refractivity contribution in [2.45, 2.75) is 0 Å². The van der Waals surface area contributed by atoms with E-state index in [0.29, 0.717) is 5.56 Å². The molecule has 21 heavy (non-hydrogen) atoms. The Balaban J connectivity index is 1.92. The summed E-state index contributed by atoms with van der Waals surface area (Å²) in [6.45, 7) is 3.35. The first kappa shape index (κ1) is 13.8. The first-order valence-corrected chi connectivity index (χ1v) is 7.14. The van der Waals surface area contributed by atoms with Gasteiger partial charge in [0.15, 0.2) is 0 Å². The maximum Gasteiger partial charge on any atom is 0.253 e. The van der Waals surface area contributed by atoms with E-state index in [4.69, 9.17) is 0 Å². The van der Waals surface area contributed by atoms with Crippen molar-refractivity contribution in [1.82, 2.24) is 14.4 Å². The highest BCUT2D eigenvalue weighted by Crippen LogP contribution is 2.16. The lowest BCUT2D eigenvalue weighted by atomic mass is 10.1. The van der Waals surface area contributed by atoms with Crippen LogP contribution in [0, 0.1) is 0 Å². The van der Waals surface area contributed by atoms with Crippen molar-refractivity contribution < 1.29 is 4.79 Å². The minimum Gasteiger partial charge on any atom is -0.336 e. The molecule has 5 heteroatoms. The highest BCUT2D eigenvalue weighted by atomic mass is 16.2. The van der Waals surface area contributed by atoms with Gasteiger partial charge >= 0.3 is 0 Å². The Bertz CT molecular complexity index is 743. The Kier molecular flexibility index (Phi) is 3.51. The average Bonchev–Trinajstić information content (AvgIpc) is 2.51. The number of amides is 1. The van der Waals surface area contributed by atoms with E-state index < -0.39 is 0 Å². The highest BCUT2D eigenvalue weighted by molar-refractivity contribution is 5.98. The molecule has 2 aromatic rings. The minimum atomic E-state index is -0.0411. The number of fused-ring (bicyclic) bond motifs is 1. The third-order valence-electron chi connectivity index (χ3n) is 4.16. The van der Waals surface area contributed by atoms with Crippen LogP contribution in [0.25, 0.3) is 10.9 Å². The van der Waals surface area contributed by atoms with Gasteiger partial charge in [-0.05, 0) is 36.7 Å². The number of hydrogen-bond acceptors (Lipinski definition) is 3. The molecule has 1 aromatic carbocycles. The second-order valence-corrected chi connectivity index (χ2v) is 5.60. The van der Waals surface area contributed by atoms with E-state index in [2.05, 4.69) is 11.9 Å². The molecule has 2 heterocycles. The van der Waals surface area contributed by atoms with Crippen molar-refractivity contribution in [2.75, 3.05) is 33.2 Å². The highest BCUT2D eigenvalue weighted by Gasteiger charge is 2.20. The van der Waals surface area contributed by atoms with Gasteiger partial charge in [0.1, 0.15) is 0 Å². The zero-order valence-electron chi connectivity index (χ0n) is 12.4. The van der Waals surface area contributed by atoms with Crippen LogP contribution in [0.1, 0.15) is 10.4 Å². The molecule has 0 bridgehead atoms. The van der Waals surface area contributed by atoms with Gasteiger partial charge in [-0.25, -0.2) is 0 Å². The average molecular weight is 285 g/mol. The van der Waals surface area contributed by atoms with Gasteiger partial charge in [-0.2, -0.15) is 0 Å². The van der Waals surface area contributed by atoms with E-state index in [-0.39, 0.29) is 11.5 Å². The van der Waals surface area contributed by atoms with Gasteiger partial charge in [-0.1, -0.05) is 0 Å². The van der Waals surface area contributed by atoms with Crippen molar-refractivity contribution in [3.63, 3.8) is 0 Å². The molecule has 0 aliphatic carbocycles. The van der Waals surface area contributed by atoms with Gasteiger partial charge in [0.2, 0.25) is 0 Å². The number of piperazine rings is 1. The Labute approximate surface area is 123 Å². The van der Waals surface area contributed by atoms with E-state index in [1.54, 1.807) is 17.7 Å². The van der Waals surface area contributed by atoms with Gasteiger partial charge in [0.05, 0.1) is 5.52 Å². The molecule has 0 N–H and O–H groups in total. The molecular weight excluding hydrogens is 266 g/mol. The number of rotatable bonds is 1. The number of carbonyl (C=O) groups is 1. The summed E-state index contributed by atoms with van der Waals surface area (Å²) < 4.78 is 1.60. The quantitative estimate of drug-likeness (QED) is 0.783. The number of carbonyl (C=O) groups excluding carboxylic acids is 1. The first-order chi connectivity index (χ1) is 10.1. The molecule has 0 unspecified atom stereocenters. The number of nitrogens with zero attached hydrogens (tertiary/aromatic N) is 3. The minimum absolute atomic E-state index is 0.0411. The number of aromatic nitrogens is 1. The van der Waals surface area contributed by atoms with Crippen LogP contribution in [0.5, 0.6) is 0 Å². The Morgan fingerprint density at radius 2 is 1.71 bits per heavy atom. The predicted octanol–water partition coefficient (Wildman–Crippen LogP) is 0.926. The zero-order valence-corrected chi connectivity index (χ0v) is 12.4. The summed E-state index contributed by atoms with van der Waals surface area (Å²) in [7, 11) is 3.81. The number of hydrogen-bond donors (Lipinski definition) is 0. The molecule has 1 aliphatic heterocycles. The van der Waals surface area contributed by atoms with Crippen molar-refractivity contribution in [2.24, 2.45) is 7.05 Å². The largest absolute Gasteiger partial charge is 0.336 e. The smallest absolute Gasteiger partial charge is 0.253 e. The maximum atomic E-state index is 12.5. The molecule has 1 amide bonds. The summed E-state index contributed by atoms with van der Waals surface area (Å²) in [5.74, 6) is 0.0684. The third kappa shape index (κ3) is 2.56. The molecule has 1 aliphatic rings. The van der Waals surface area contributed by atoms with E-state index in [0.717, 1.165) is 37.1 Å². The maximum absolute atomic E-state index is 12.5. The van der Waals surface area contributed by atoms with Crippen LogP contribution in [0.3, 0.4) is 0 Å². The zero-order chi connectivity index (χ0) is 15.0. The van der Waals surface area contributed by atoms with Gasteiger partial charge in [-0.3, -0.25) is 9.59 Å². The lowest BCUT2D eigenvalue weighted by Crippen LogP contribution is -2.47. The van der Waals surface area contributed by atoms with Crippen LogP contribution in [0.15, 0.2) is 35.1 Å². The van der Waals surface area contributed by atoms with Crippen LogP contribution in [0.2, 0.25) is 0 Å². The number of benzene rings is 1. The molecule has 1 aromatic heterocycles. The molecule has 0 spiro atoms. The number of likely N-dealkylation sites (N-methyl/N-ethyl adjacent to an activating group) is 1. The second kappa shape index (κ2) is 5.33. The number of aryl methyl sites for hydroxylation is 1. The van der Waals surface area contributed by atoms with E-state index in [1.165, 1.54) is 6.07 Å². The topological polar surface area (TPSA) is 45.6 Å². The molecule has 3 rings (SSSR count). The fourth-order valence-electron chi connectivity index (χ4n) is 2.71. The van der Waals surface area contributed by atoms with Gasteiger partial charge < -0.3 is 14.4 Å². The summed E-state index contributed by atoms with van der Waals surface area (Å²) >= 11 is 0. The monoisotopic (exact) mass is 285 g/mol. The molecule has 1 fully saturated rings. The van der Waals surface area contributed by atoms with Crippen molar-refractivity contribution in [3.8, 4) is 0 Å². The van der Waals surface area contributed by atoms with Gasteiger partial charge in [0.25, 0.3) is 11.5 Å². The van der Waals surface area contributed by atoms with E-state index in [9.17, 15) is 9.59 Å². The molecule has 1 saturated heterocycles. The fraction of sp³-hybridized carbons (Fsp3) is 0.375. The van der Waals surface area contributed by atoms with Crippen LogP contribution in [0.4, 0.5) is 0 Å². The second-order valence-electron chi connectivity index (χ2n) is 5.60. The van der Waals surface area contributed by atoms with Crippen molar-refractivity contribution in [1.29, 1.82) is 0 Å². The molecule has 0 radical (unpaired) electrons. The number of pyridine rings is 1. The van der Waals surface area contributed by atoms with E-state index in [1.807, 2.05) is 23.1 Å². The van der Waals surface area contributed by atoms with Crippen LogP contribution in [-0.2, 0) is 7.05 Å². The van der Waals surface area contributed by atoms with Crippen LogP contribution >= 0.6 is 0 Å². The summed E-state index contributed by atoms with van der Waals surface area (Å²) in [6, 6.07) is 8.84. The van der Waals surface area contributed by atoms with Crippen LogP contribution < -0.4 is 5.56 Å². The summed E-state index contributed by atoms with van der Waals surface area (Å²) in [5, 5.41) is 0.914. The molecule has 0 atom stereocenters. The molecule has 110 valence electrons. The van der Waals surface area contributed by atoms with Gasteiger partial charge in [0, 0.05) is 44.9 Å². The van der Waals surface area contributed by atoms with Gasteiger partial charge in [-0.15, -0.1) is 0 Å². The Morgan fingerprint density at radius 3 is 2.43 bits per heavy atom. The summed E-state index contributed by atoms with van der Waals surface area (Å²) in [4.78, 5) is 28.3. The lowest BCUT2D eigenvalue weighted by Gasteiger charge is -2.32. The Morgan fingerprint density at radius 1 is 1.00 bits per heavy atom. The molecular formula is C16H19N3O2. The standard InChI is InChI=1S/C16H19N3O2/c1-17-7-9-19(10-8-17)16(21)13-3-5-14-12(11-13)4-6-15(20)18(14)2/h3-6,11H,7-10H2,1-2H3. The van der Waals surface area contributed by atoms with Crippen molar-refractivity contribution in [3.05, 3.63) is 46.2 Å². The van der Waals surface area contributed by atoms with Crippen LogP contribution in [-0.4, -0.2) is 53.5 Å². The lowest BCUT2D eigenvalue weighted by molar-refractivity contribution is 0.0664. The summed E-state index contributed by atoms with van der Waals surface area (Å²) in [5.41, 5.74) is 1.49. The fourth-order valence-corrected chi connectivity index (χ4v) is 2.71. The normalized spacial score (nSPS) is 16.4.